The number of hydrogen-bond donors (Lipinski definition) is 1. The molecule has 0 saturated carbocycles. The molecule has 1 aliphatic carbocycles. The van der Waals surface area contributed by atoms with Gasteiger partial charge in [-0.1, -0.05) is 23.2 Å². The van der Waals surface area contributed by atoms with E-state index in [1.54, 1.807) is 29.5 Å². The van der Waals surface area contributed by atoms with Crippen LogP contribution in [0.2, 0.25) is 10.0 Å². The topological polar surface area (TPSA) is 81.6 Å². The second-order valence-electron chi connectivity index (χ2n) is 7.91. The second-order valence-corrected chi connectivity index (χ2v) is 9.84. The molecular weight excluding hydrogens is 475 g/mol. The van der Waals surface area contributed by atoms with Gasteiger partial charge in [0.1, 0.15) is 22.7 Å². The quantitative estimate of drug-likeness (QED) is 0.321. The minimum atomic E-state index is -0.559. The fourth-order valence-corrected chi connectivity index (χ4v) is 6.06. The van der Waals surface area contributed by atoms with Crippen LogP contribution in [0.5, 0.6) is 0 Å². The van der Waals surface area contributed by atoms with Gasteiger partial charge in [-0.05, 0) is 81.0 Å². The molecule has 4 rings (SSSR count). The molecule has 2 aromatic heterocycles. The Hall–Kier alpha value is -3.03. The fourth-order valence-electron chi connectivity index (χ4n) is 4.16. The Balaban J connectivity index is 1.70. The number of nitrogens with one attached hydrogen (secondary N) is 1. The third-order valence-corrected chi connectivity index (χ3v) is 7.61. The first-order valence-corrected chi connectivity index (χ1v) is 12.0. The Bertz CT molecular complexity index is 1380. The maximum Gasteiger partial charge on any atom is 0.266 e. The molecule has 0 radical (unpaired) electrons. The first-order chi connectivity index (χ1) is 15.8. The molecule has 0 unspecified atom stereocenters. The van der Waals surface area contributed by atoms with Crippen molar-refractivity contribution < 1.29 is 4.79 Å². The molecule has 8 heteroatoms. The van der Waals surface area contributed by atoms with Crippen molar-refractivity contribution in [2.75, 3.05) is 5.32 Å². The van der Waals surface area contributed by atoms with Gasteiger partial charge in [-0.15, -0.1) is 11.3 Å². The summed E-state index contributed by atoms with van der Waals surface area (Å²) >= 11 is 13.7. The van der Waals surface area contributed by atoms with E-state index >= 15 is 0 Å². The summed E-state index contributed by atoms with van der Waals surface area (Å²) < 4.78 is 2.05. The first kappa shape index (κ1) is 23.1. The molecule has 0 spiro atoms. The van der Waals surface area contributed by atoms with Crippen molar-refractivity contribution in [3.8, 4) is 17.1 Å². The third kappa shape index (κ3) is 4.43. The molecular formula is C25H20Cl2N4OS. The van der Waals surface area contributed by atoms with Crippen LogP contribution in [0.3, 0.4) is 0 Å². The molecule has 0 aliphatic heterocycles. The number of rotatable bonds is 4. The molecule has 5 nitrogen and oxygen atoms in total. The average Bonchev–Trinajstić information content (AvgIpc) is 3.29. The molecule has 2 heterocycles. The standard InChI is InChI=1S/C25H20Cl2N4OS/c1-14-9-16(10-17(12-28)24(32)30-22-8-7-18(26)11-21(22)27)15(2)31(14)25-20(13-29)19-5-3-4-6-23(19)33-25/h7-11H,3-6H2,1-2H3,(H,30,32). The van der Waals surface area contributed by atoms with E-state index in [2.05, 4.69) is 16.0 Å². The van der Waals surface area contributed by atoms with E-state index in [-0.39, 0.29) is 10.6 Å². The van der Waals surface area contributed by atoms with Crippen LogP contribution < -0.4 is 5.32 Å². The number of carbonyl (C=O) groups excluding carboxylic acids is 1. The first-order valence-electron chi connectivity index (χ1n) is 10.5. The minimum absolute atomic E-state index is 0.0488. The number of nitriles is 2. The maximum absolute atomic E-state index is 12.7. The molecule has 166 valence electrons. The molecule has 33 heavy (non-hydrogen) atoms. The summed E-state index contributed by atoms with van der Waals surface area (Å²) in [5, 5.41) is 23.8. The molecule has 1 amide bonds. The van der Waals surface area contributed by atoms with Crippen LogP contribution in [0.15, 0.2) is 29.8 Å². The average molecular weight is 495 g/mol. The predicted octanol–water partition coefficient (Wildman–Crippen LogP) is 6.76. The summed E-state index contributed by atoms with van der Waals surface area (Å²) in [5.74, 6) is -0.559. The van der Waals surface area contributed by atoms with E-state index in [0.29, 0.717) is 10.7 Å². The van der Waals surface area contributed by atoms with E-state index in [4.69, 9.17) is 23.2 Å². The van der Waals surface area contributed by atoms with Gasteiger partial charge in [0.05, 0.1) is 16.3 Å². The Kier molecular flexibility index (Phi) is 6.63. The number of fused-ring (bicyclic) bond motifs is 1. The van der Waals surface area contributed by atoms with Gasteiger partial charge >= 0.3 is 0 Å². The van der Waals surface area contributed by atoms with E-state index in [1.807, 2.05) is 26.0 Å². The number of nitrogens with zero attached hydrogens (tertiary/aromatic N) is 3. The lowest BCUT2D eigenvalue weighted by molar-refractivity contribution is -0.112. The van der Waals surface area contributed by atoms with Crippen molar-refractivity contribution in [1.29, 1.82) is 10.5 Å². The summed E-state index contributed by atoms with van der Waals surface area (Å²) in [6.07, 6.45) is 5.76. The van der Waals surface area contributed by atoms with Gasteiger partial charge in [-0.25, -0.2) is 0 Å². The minimum Gasteiger partial charge on any atom is -0.320 e. The van der Waals surface area contributed by atoms with E-state index < -0.39 is 5.91 Å². The number of benzene rings is 1. The molecule has 0 fully saturated rings. The van der Waals surface area contributed by atoms with Crippen LogP contribution in [0, 0.1) is 36.5 Å². The van der Waals surface area contributed by atoms with Crippen molar-refractivity contribution in [3.05, 3.63) is 72.8 Å². The molecule has 0 atom stereocenters. The number of amides is 1. The van der Waals surface area contributed by atoms with E-state index in [9.17, 15) is 15.3 Å². The van der Waals surface area contributed by atoms with Crippen LogP contribution in [-0.4, -0.2) is 10.5 Å². The largest absolute Gasteiger partial charge is 0.320 e. The van der Waals surface area contributed by atoms with Gasteiger partial charge in [0.25, 0.3) is 5.91 Å². The molecule has 1 aliphatic rings. The lowest BCUT2D eigenvalue weighted by atomic mass is 9.96. The van der Waals surface area contributed by atoms with Crippen molar-refractivity contribution in [2.45, 2.75) is 39.5 Å². The zero-order chi connectivity index (χ0) is 23.7. The smallest absolute Gasteiger partial charge is 0.266 e. The zero-order valence-corrected chi connectivity index (χ0v) is 20.5. The Morgan fingerprint density at radius 2 is 1.94 bits per heavy atom. The van der Waals surface area contributed by atoms with Gasteiger partial charge in [0.2, 0.25) is 0 Å². The Morgan fingerprint density at radius 1 is 1.18 bits per heavy atom. The van der Waals surface area contributed by atoms with Crippen molar-refractivity contribution in [3.63, 3.8) is 0 Å². The molecule has 0 bridgehead atoms. The van der Waals surface area contributed by atoms with Gasteiger partial charge in [0.15, 0.2) is 0 Å². The number of carbonyl (C=O) groups is 1. The van der Waals surface area contributed by atoms with Crippen LogP contribution in [0.25, 0.3) is 11.1 Å². The molecule has 1 aromatic carbocycles. The normalized spacial score (nSPS) is 13.2. The van der Waals surface area contributed by atoms with Crippen LogP contribution in [0.1, 0.15) is 45.8 Å². The van der Waals surface area contributed by atoms with Crippen LogP contribution in [-0.2, 0) is 17.6 Å². The second kappa shape index (κ2) is 9.45. The van der Waals surface area contributed by atoms with E-state index in [1.165, 1.54) is 16.5 Å². The number of aromatic nitrogens is 1. The maximum atomic E-state index is 12.7. The van der Waals surface area contributed by atoms with Gasteiger partial charge < -0.3 is 9.88 Å². The van der Waals surface area contributed by atoms with Crippen molar-refractivity contribution in [2.24, 2.45) is 0 Å². The van der Waals surface area contributed by atoms with Crippen LogP contribution in [0.4, 0.5) is 5.69 Å². The van der Waals surface area contributed by atoms with E-state index in [0.717, 1.165) is 53.2 Å². The fraction of sp³-hybridized carbons (Fsp3) is 0.240. The van der Waals surface area contributed by atoms with Crippen LogP contribution >= 0.6 is 34.5 Å². The summed E-state index contributed by atoms with van der Waals surface area (Å²) in [5.41, 5.74) is 4.79. The Morgan fingerprint density at radius 3 is 2.64 bits per heavy atom. The summed E-state index contributed by atoms with van der Waals surface area (Å²) in [6, 6.07) is 11.0. The van der Waals surface area contributed by atoms with Crippen molar-refractivity contribution >= 4 is 52.2 Å². The third-order valence-electron chi connectivity index (χ3n) is 5.78. The number of hydrogen-bond acceptors (Lipinski definition) is 4. The highest BCUT2D eigenvalue weighted by atomic mass is 35.5. The van der Waals surface area contributed by atoms with Gasteiger partial charge in [-0.3, -0.25) is 4.79 Å². The monoisotopic (exact) mass is 494 g/mol. The number of thiophene rings is 1. The number of halogens is 2. The number of aryl methyl sites for hydroxylation is 2. The summed E-state index contributed by atoms with van der Waals surface area (Å²) in [7, 11) is 0. The molecule has 1 N–H and O–H groups in total. The zero-order valence-electron chi connectivity index (χ0n) is 18.1. The highest BCUT2D eigenvalue weighted by Crippen LogP contribution is 2.38. The highest BCUT2D eigenvalue weighted by Gasteiger charge is 2.24. The molecule has 3 aromatic rings. The lowest BCUT2D eigenvalue weighted by Crippen LogP contribution is -2.13. The highest BCUT2D eigenvalue weighted by molar-refractivity contribution is 7.15. The summed E-state index contributed by atoms with van der Waals surface area (Å²) in [4.78, 5) is 14.0. The molecule has 0 saturated heterocycles. The van der Waals surface area contributed by atoms with Crippen molar-refractivity contribution in [1.82, 2.24) is 4.57 Å². The number of anilines is 1. The summed E-state index contributed by atoms with van der Waals surface area (Å²) in [6.45, 7) is 3.89. The Labute approximate surface area is 206 Å². The van der Waals surface area contributed by atoms with Gasteiger partial charge in [0, 0.05) is 21.3 Å². The SMILES string of the molecule is Cc1cc(C=C(C#N)C(=O)Nc2ccc(Cl)cc2Cl)c(C)n1-c1sc2c(c1C#N)CCCC2. The lowest BCUT2D eigenvalue weighted by Gasteiger charge is -2.10. The van der Waals surface area contributed by atoms with Gasteiger partial charge in [-0.2, -0.15) is 10.5 Å². The predicted molar refractivity (Wildman–Crippen MR) is 133 cm³/mol.